The predicted octanol–water partition coefficient (Wildman–Crippen LogP) is 2.05. The van der Waals surface area contributed by atoms with Crippen molar-refractivity contribution in [1.29, 1.82) is 0 Å². The molecule has 0 spiro atoms. The first kappa shape index (κ1) is 10.4. The fourth-order valence-electron chi connectivity index (χ4n) is 1.45. The molecule has 15 heavy (non-hydrogen) atoms. The van der Waals surface area contributed by atoms with Gasteiger partial charge in [0, 0.05) is 25.2 Å². The van der Waals surface area contributed by atoms with Crippen LogP contribution in [0.1, 0.15) is 17.2 Å². The second-order valence-corrected chi connectivity index (χ2v) is 4.11. The third-order valence-electron chi connectivity index (χ3n) is 2.19. The van der Waals surface area contributed by atoms with Crippen LogP contribution in [0, 0.1) is 0 Å². The minimum absolute atomic E-state index is 0.534. The van der Waals surface area contributed by atoms with Crippen molar-refractivity contribution in [3.63, 3.8) is 0 Å². The average molecular weight is 271 g/mol. The summed E-state index contributed by atoms with van der Waals surface area (Å²) in [5.41, 5.74) is 1.76. The summed E-state index contributed by atoms with van der Waals surface area (Å²) in [5.74, 6) is 0. The fraction of sp³-hybridized carbons (Fsp3) is 0.300. The van der Waals surface area contributed by atoms with Gasteiger partial charge in [-0.2, -0.15) is 5.10 Å². The summed E-state index contributed by atoms with van der Waals surface area (Å²) in [7, 11) is 1.85. The highest BCUT2D eigenvalue weighted by Gasteiger charge is 2.14. The third-order valence-corrected chi connectivity index (χ3v) is 2.84. The number of rotatable bonds is 3. The van der Waals surface area contributed by atoms with Crippen molar-refractivity contribution >= 4 is 15.9 Å². The maximum atomic E-state index is 9.93. The lowest BCUT2D eigenvalue weighted by atomic mass is 10.1. The molecule has 0 aliphatic heterocycles. The van der Waals surface area contributed by atoms with Crippen LogP contribution in [0.5, 0.6) is 0 Å². The van der Waals surface area contributed by atoms with Gasteiger partial charge in [0.25, 0.3) is 0 Å². The van der Waals surface area contributed by atoms with Gasteiger partial charge in [0.1, 0.15) is 0 Å². The van der Waals surface area contributed by atoms with Crippen LogP contribution in [0.4, 0.5) is 0 Å². The standard InChI is InChI=1S/C10H11BrN2O2/c1-13-6-7(5-12-13)4-9(14)8-2-3-15-10(8)11/h2-3,5-6,9,14H,4H2,1H3. The van der Waals surface area contributed by atoms with Gasteiger partial charge in [0.2, 0.25) is 0 Å². The molecule has 2 rings (SSSR count). The van der Waals surface area contributed by atoms with Gasteiger partial charge in [-0.1, -0.05) is 0 Å². The van der Waals surface area contributed by atoms with E-state index in [1.807, 2.05) is 13.2 Å². The maximum Gasteiger partial charge on any atom is 0.174 e. The monoisotopic (exact) mass is 270 g/mol. The van der Waals surface area contributed by atoms with E-state index < -0.39 is 6.10 Å². The number of furan rings is 1. The number of hydrogen-bond donors (Lipinski definition) is 1. The van der Waals surface area contributed by atoms with Crippen LogP contribution in [0.2, 0.25) is 0 Å². The topological polar surface area (TPSA) is 51.2 Å². The minimum atomic E-state index is -0.567. The molecule has 0 aromatic carbocycles. The molecule has 0 saturated carbocycles. The van der Waals surface area contributed by atoms with E-state index in [1.54, 1.807) is 23.2 Å². The van der Waals surface area contributed by atoms with Gasteiger partial charge in [-0.25, -0.2) is 0 Å². The first-order valence-electron chi connectivity index (χ1n) is 4.55. The summed E-state index contributed by atoms with van der Waals surface area (Å²) in [6.07, 6.45) is 5.15. The normalized spacial score (nSPS) is 13.0. The molecule has 0 saturated heterocycles. The smallest absolute Gasteiger partial charge is 0.174 e. The third kappa shape index (κ3) is 2.30. The number of halogens is 1. The molecular weight excluding hydrogens is 260 g/mol. The summed E-state index contributed by atoms with van der Waals surface area (Å²) in [5, 5.41) is 14.0. The van der Waals surface area contributed by atoms with Crippen molar-refractivity contribution < 1.29 is 9.52 Å². The zero-order valence-corrected chi connectivity index (χ0v) is 9.81. The fourth-order valence-corrected chi connectivity index (χ4v) is 1.96. The van der Waals surface area contributed by atoms with Crippen molar-refractivity contribution in [3.05, 3.63) is 40.5 Å². The van der Waals surface area contributed by atoms with Gasteiger partial charge in [-0.15, -0.1) is 0 Å². The van der Waals surface area contributed by atoms with Crippen LogP contribution >= 0.6 is 15.9 Å². The molecule has 80 valence electrons. The lowest BCUT2D eigenvalue weighted by molar-refractivity contribution is 0.176. The highest BCUT2D eigenvalue weighted by Crippen LogP contribution is 2.26. The van der Waals surface area contributed by atoms with E-state index in [-0.39, 0.29) is 0 Å². The van der Waals surface area contributed by atoms with Crippen LogP contribution in [-0.2, 0) is 13.5 Å². The Balaban J connectivity index is 2.10. The van der Waals surface area contributed by atoms with Crippen LogP contribution in [0.15, 0.2) is 33.8 Å². The molecule has 0 amide bonds. The van der Waals surface area contributed by atoms with Crippen molar-refractivity contribution in [3.8, 4) is 0 Å². The highest BCUT2D eigenvalue weighted by atomic mass is 79.9. The summed E-state index contributed by atoms with van der Waals surface area (Å²) < 4.78 is 7.36. The van der Waals surface area contributed by atoms with Crippen molar-refractivity contribution in [2.75, 3.05) is 0 Å². The van der Waals surface area contributed by atoms with Gasteiger partial charge in [-0.05, 0) is 27.6 Å². The molecule has 0 bridgehead atoms. The lowest BCUT2D eigenvalue weighted by Crippen LogP contribution is -2.00. The van der Waals surface area contributed by atoms with E-state index in [9.17, 15) is 5.11 Å². The molecule has 0 radical (unpaired) electrons. The second kappa shape index (κ2) is 4.20. The van der Waals surface area contributed by atoms with Gasteiger partial charge in [-0.3, -0.25) is 4.68 Å². The van der Waals surface area contributed by atoms with Crippen LogP contribution in [0.3, 0.4) is 0 Å². The molecule has 5 heteroatoms. The van der Waals surface area contributed by atoms with Crippen LogP contribution in [-0.4, -0.2) is 14.9 Å². The van der Waals surface area contributed by atoms with E-state index in [0.29, 0.717) is 11.1 Å². The summed E-state index contributed by atoms with van der Waals surface area (Å²) in [6.45, 7) is 0. The summed E-state index contributed by atoms with van der Waals surface area (Å²) in [6, 6.07) is 1.76. The number of aromatic nitrogens is 2. The molecule has 1 atom stereocenters. The lowest BCUT2D eigenvalue weighted by Gasteiger charge is -2.06. The van der Waals surface area contributed by atoms with E-state index in [2.05, 4.69) is 21.0 Å². The van der Waals surface area contributed by atoms with Gasteiger partial charge in [0.15, 0.2) is 4.67 Å². The Labute approximate surface area is 95.6 Å². The molecule has 0 aliphatic carbocycles. The highest BCUT2D eigenvalue weighted by molar-refractivity contribution is 9.10. The predicted molar refractivity (Wildman–Crippen MR) is 58.3 cm³/mol. The molecule has 2 aromatic heterocycles. The Morgan fingerprint density at radius 3 is 3.00 bits per heavy atom. The SMILES string of the molecule is Cn1cc(CC(O)c2ccoc2Br)cn1. The number of aliphatic hydroxyl groups is 1. The molecular formula is C10H11BrN2O2. The average Bonchev–Trinajstić information content (AvgIpc) is 2.75. The van der Waals surface area contributed by atoms with Gasteiger partial charge >= 0.3 is 0 Å². The van der Waals surface area contributed by atoms with Crippen molar-refractivity contribution in [2.45, 2.75) is 12.5 Å². The van der Waals surface area contributed by atoms with E-state index >= 15 is 0 Å². The van der Waals surface area contributed by atoms with Gasteiger partial charge in [0.05, 0.1) is 18.6 Å². The number of aryl methyl sites for hydroxylation is 1. The van der Waals surface area contributed by atoms with Crippen LogP contribution in [0.25, 0.3) is 0 Å². The van der Waals surface area contributed by atoms with Gasteiger partial charge < -0.3 is 9.52 Å². The largest absolute Gasteiger partial charge is 0.457 e. The van der Waals surface area contributed by atoms with Crippen LogP contribution < -0.4 is 0 Å². The molecule has 1 unspecified atom stereocenters. The Morgan fingerprint density at radius 2 is 2.47 bits per heavy atom. The molecule has 0 fully saturated rings. The number of aliphatic hydroxyl groups excluding tert-OH is 1. The van der Waals surface area contributed by atoms with Crippen molar-refractivity contribution in [1.82, 2.24) is 9.78 Å². The Kier molecular flexibility index (Phi) is 2.93. The first-order valence-corrected chi connectivity index (χ1v) is 5.34. The molecule has 2 aromatic rings. The number of nitrogens with zero attached hydrogens (tertiary/aromatic N) is 2. The Bertz CT molecular complexity index is 450. The van der Waals surface area contributed by atoms with E-state index in [4.69, 9.17) is 4.42 Å². The van der Waals surface area contributed by atoms with E-state index in [0.717, 1.165) is 11.1 Å². The molecule has 2 heterocycles. The molecule has 1 N–H and O–H groups in total. The van der Waals surface area contributed by atoms with Crippen molar-refractivity contribution in [2.24, 2.45) is 7.05 Å². The second-order valence-electron chi connectivity index (χ2n) is 3.39. The summed E-state index contributed by atoms with van der Waals surface area (Å²) >= 11 is 3.24. The Morgan fingerprint density at radius 1 is 1.67 bits per heavy atom. The summed E-state index contributed by atoms with van der Waals surface area (Å²) in [4.78, 5) is 0. The maximum absolute atomic E-state index is 9.93. The zero-order valence-electron chi connectivity index (χ0n) is 8.22. The molecule has 4 nitrogen and oxygen atoms in total. The minimum Gasteiger partial charge on any atom is -0.457 e. The quantitative estimate of drug-likeness (QED) is 0.929. The first-order chi connectivity index (χ1) is 7.16. The Hall–Kier alpha value is -1.07. The number of hydrogen-bond acceptors (Lipinski definition) is 3. The molecule has 0 aliphatic rings. The van der Waals surface area contributed by atoms with E-state index in [1.165, 1.54) is 0 Å². The zero-order chi connectivity index (χ0) is 10.8.